The largest absolute Gasteiger partial charge is 0.384 e. The summed E-state index contributed by atoms with van der Waals surface area (Å²) in [5.74, 6) is 0.361. The van der Waals surface area contributed by atoms with Gasteiger partial charge < -0.3 is 10.6 Å². The van der Waals surface area contributed by atoms with E-state index in [4.69, 9.17) is 0 Å². The third kappa shape index (κ3) is 3.98. The van der Waals surface area contributed by atoms with E-state index < -0.39 is 10.8 Å². The van der Waals surface area contributed by atoms with Crippen molar-refractivity contribution in [2.45, 2.75) is 0 Å². The van der Waals surface area contributed by atoms with Gasteiger partial charge in [0.2, 0.25) is 0 Å². The van der Waals surface area contributed by atoms with Crippen LogP contribution >= 0.6 is 0 Å². The summed E-state index contributed by atoms with van der Waals surface area (Å²) in [5.41, 5.74) is 1.17. The number of pyridine rings is 1. The SMILES string of the molecule is CNC(=O)c1cc(NCCS(C)=O)ccn1. The molecular formula is C10H15N3O2S. The number of nitrogens with zero attached hydrogens (tertiary/aromatic N) is 1. The molecule has 1 unspecified atom stereocenters. The topological polar surface area (TPSA) is 71.1 Å². The predicted octanol–water partition coefficient (Wildman–Crippen LogP) is 0.232. The van der Waals surface area contributed by atoms with Crippen LogP contribution in [0.2, 0.25) is 0 Å². The molecular weight excluding hydrogens is 226 g/mol. The van der Waals surface area contributed by atoms with Crippen LogP contribution in [0.15, 0.2) is 18.3 Å². The molecule has 1 heterocycles. The van der Waals surface area contributed by atoms with Crippen molar-refractivity contribution in [2.75, 3.05) is 30.9 Å². The molecule has 1 rings (SSSR count). The standard InChI is InChI=1S/C10H15N3O2S/c1-11-10(14)9-7-8(3-4-13-9)12-5-6-16(2)15/h3-4,7H,5-6H2,1-2H3,(H,11,14)(H,12,13). The second-order valence-electron chi connectivity index (χ2n) is 3.21. The van der Waals surface area contributed by atoms with Crippen LogP contribution in [0.3, 0.4) is 0 Å². The maximum Gasteiger partial charge on any atom is 0.269 e. The molecule has 0 radical (unpaired) electrons. The van der Waals surface area contributed by atoms with Gasteiger partial charge in [-0.05, 0) is 12.1 Å². The Kier molecular flexibility index (Phi) is 4.91. The van der Waals surface area contributed by atoms with Crippen LogP contribution < -0.4 is 10.6 Å². The highest BCUT2D eigenvalue weighted by Crippen LogP contribution is 2.07. The van der Waals surface area contributed by atoms with Gasteiger partial charge in [0.25, 0.3) is 5.91 Å². The van der Waals surface area contributed by atoms with Crippen molar-refractivity contribution < 1.29 is 9.00 Å². The van der Waals surface area contributed by atoms with Crippen molar-refractivity contribution >= 4 is 22.4 Å². The fraction of sp³-hybridized carbons (Fsp3) is 0.400. The number of hydrogen-bond acceptors (Lipinski definition) is 4. The van der Waals surface area contributed by atoms with Gasteiger partial charge in [-0.2, -0.15) is 0 Å². The molecule has 0 aliphatic rings. The molecule has 0 bridgehead atoms. The number of rotatable bonds is 5. The van der Waals surface area contributed by atoms with Crippen molar-refractivity contribution in [3.63, 3.8) is 0 Å². The van der Waals surface area contributed by atoms with Gasteiger partial charge >= 0.3 is 0 Å². The van der Waals surface area contributed by atoms with Crippen molar-refractivity contribution in [1.29, 1.82) is 0 Å². The normalized spacial score (nSPS) is 11.9. The second-order valence-corrected chi connectivity index (χ2v) is 4.77. The van der Waals surface area contributed by atoms with Crippen molar-refractivity contribution in [2.24, 2.45) is 0 Å². The van der Waals surface area contributed by atoms with Crippen molar-refractivity contribution in [1.82, 2.24) is 10.3 Å². The van der Waals surface area contributed by atoms with Gasteiger partial charge in [-0.3, -0.25) is 14.0 Å². The minimum absolute atomic E-state index is 0.220. The monoisotopic (exact) mass is 241 g/mol. The Hall–Kier alpha value is -1.43. The molecule has 0 fully saturated rings. The summed E-state index contributed by atoms with van der Waals surface area (Å²) in [5, 5.41) is 5.59. The highest BCUT2D eigenvalue weighted by atomic mass is 32.2. The van der Waals surface area contributed by atoms with Crippen LogP contribution in [-0.4, -0.2) is 40.7 Å². The number of hydrogen-bond donors (Lipinski definition) is 2. The molecule has 0 saturated carbocycles. The lowest BCUT2D eigenvalue weighted by Gasteiger charge is -2.06. The molecule has 1 aromatic heterocycles. The highest BCUT2D eigenvalue weighted by Gasteiger charge is 2.04. The molecule has 6 heteroatoms. The maximum absolute atomic E-state index is 11.3. The number of nitrogens with one attached hydrogen (secondary N) is 2. The Labute approximate surface area is 97.1 Å². The summed E-state index contributed by atoms with van der Waals surface area (Å²) >= 11 is 0. The van der Waals surface area contributed by atoms with E-state index in [-0.39, 0.29) is 5.91 Å². The first-order valence-electron chi connectivity index (χ1n) is 4.85. The third-order valence-electron chi connectivity index (χ3n) is 1.94. The molecule has 1 atom stereocenters. The number of anilines is 1. The van der Waals surface area contributed by atoms with Crippen LogP contribution in [0.4, 0.5) is 5.69 Å². The first-order valence-corrected chi connectivity index (χ1v) is 6.58. The summed E-state index contributed by atoms with van der Waals surface area (Å²) in [6.45, 7) is 0.611. The molecule has 1 amide bonds. The van der Waals surface area contributed by atoms with Gasteiger partial charge in [0, 0.05) is 48.3 Å². The lowest BCUT2D eigenvalue weighted by atomic mass is 10.3. The smallest absolute Gasteiger partial charge is 0.269 e. The fourth-order valence-corrected chi connectivity index (χ4v) is 1.52. The minimum Gasteiger partial charge on any atom is -0.384 e. The first-order chi connectivity index (χ1) is 7.63. The highest BCUT2D eigenvalue weighted by molar-refractivity contribution is 7.84. The second kappa shape index (κ2) is 6.22. The molecule has 88 valence electrons. The Morgan fingerprint density at radius 1 is 1.56 bits per heavy atom. The quantitative estimate of drug-likeness (QED) is 0.774. The zero-order valence-corrected chi connectivity index (χ0v) is 10.1. The minimum atomic E-state index is -0.812. The van der Waals surface area contributed by atoms with Gasteiger partial charge in [0.05, 0.1) is 0 Å². The molecule has 0 aliphatic carbocycles. The number of amides is 1. The van der Waals surface area contributed by atoms with E-state index >= 15 is 0 Å². The van der Waals surface area contributed by atoms with E-state index in [1.807, 2.05) is 0 Å². The average Bonchev–Trinajstić information content (AvgIpc) is 2.28. The Balaban J connectivity index is 2.60. The molecule has 16 heavy (non-hydrogen) atoms. The molecule has 0 aromatic carbocycles. The number of carbonyl (C=O) groups is 1. The number of carbonyl (C=O) groups excluding carboxylic acids is 1. The summed E-state index contributed by atoms with van der Waals surface area (Å²) in [7, 11) is 0.747. The lowest BCUT2D eigenvalue weighted by molar-refractivity contribution is 0.0958. The Morgan fingerprint density at radius 3 is 2.94 bits per heavy atom. The zero-order chi connectivity index (χ0) is 12.0. The Bertz CT molecular complexity index is 395. The van der Waals surface area contributed by atoms with Crippen LogP contribution in [0.1, 0.15) is 10.5 Å². The Morgan fingerprint density at radius 2 is 2.31 bits per heavy atom. The zero-order valence-electron chi connectivity index (χ0n) is 9.32. The van der Waals surface area contributed by atoms with Crippen LogP contribution in [-0.2, 0) is 10.8 Å². The van der Waals surface area contributed by atoms with Gasteiger partial charge in [-0.15, -0.1) is 0 Å². The van der Waals surface area contributed by atoms with Gasteiger partial charge in [0.15, 0.2) is 0 Å². The van der Waals surface area contributed by atoms with Gasteiger partial charge in [-0.1, -0.05) is 0 Å². The van der Waals surface area contributed by atoms with E-state index in [1.165, 1.54) is 0 Å². The summed E-state index contributed by atoms with van der Waals surface area (Å²) in [6, 6.07) is 3.43. The van der Waals surface area contributed by atoms with E-state index in [0.717, 1.165) is 5.69 Å². The lowest BCUT2D eigenvalue weighted by Crippen LogP contribution is -2.19. The van der Waals surface area contributed by atoms with E-state index in [1.54, 1.807) is 31.6 Å². The van der Waals surface area contributed by atoms with E-state index in [9.17, 15) is 9.00 Å². The first kappa shape index (κ1) is 12.6. The van der Waals surface area contributed by atoms with E-state index in [2.05, 4.69) is 15.6 Å². The van der Waals surface area contributed by atoms with Crippen molar-refractivity contribution in [3.05, 3.63) is 24.0 Å². The maximum atomic E-state index is 11.3. The third-order valence-corrected chi connectivity index (χ3v) is 2.72. The summed E-state index contributed by atoms with van der Waals surface area (Å²) in [6.07, 6.45) is 3.22. The van der Waals surface area contributed by atoms with Crippen LogP contribution in [0.5, 0.6) is 0 Å². The van der Waals surface area contributed by atoms with Crippen LogP contribution in [0.25, 0.3) is 0 Å². The molecule has 1 aromatic rings. The fourth-order valence-electron chi connectivity index (χ4n) is 1.13. The summed E-state index contributed by atoms with van der Waals surface area (Å²) in [4.78, 5) is 15.2. The average molecular weight is 241 g/mol. The molecule has 0 saturated heterocycles. The molecule has 5 nitrogen and oxygen atoms in total. The molecule has 2 N–H and O–H groups in total. The van der Waals surface area contributed by atoms with Gasteiger partial charge in [-0.25, -0.2) is 0 Å². The molecule has 0 aliphatic heterocycles. The summed E-state index contributed by atoms with van der Waals surface area (Å²) < 4.78 is 10.9. The number of aromatic nitrogens is 1. The van der Waals surface area contributed by atoms with Gasteiger partial charge in [0.1, 0.15) is 5.69 Å². The van der Waals surface area contributed by atoms with Crippen LogP contribution in [0, 0.1) is 0 Å². The predicted molar refractivity (Wildman–Crippen MR) is 65.1 cm³/mol. The molecule has 0 spiro atoms. The van der Waals surface area contributed by atoms with Crippen molar-refractivity contribution in [3.8, 4) is 0 Å². The van der Waals surface area contributed by atoms with E-state index in [0.29, 0.717) is 18.0 Å².